The highest BCUT2D eigenvalue weighted by Gasteiger charge is 2.23. The third kappa shape index (κ3) is 4.10. The smallest absolute Gasteiger partial charge is 0.260 e. The van der Waals surface area contributed by atoms with Crippen LogP contribution in [0.4, 0.5) is 10.1 Å². The number of hydrogen-bond acceptors (Lipinski definition) is 3. The Morgan fingerprint density at radius 2 is 1.80 bits per heavy atom. The van der Waals surface area contributed by atoms with E-state index in [1.807, 2.05) is 43.0 Å². The van der Waals surface area contributed by atoms with Crippen LogP contribution >= 0.6 is 0 Å². The molecular weight excluding hydrogens is 319 g/mol. The summed E-state index contributed by atoms with van der Waals surface area (Å²) in [5.41, 5.74) is 2.72. The topological polar surface area (TPSA) is 32.8 Å². The van der Waals surface area contributed by atoms with Crippen LogP contribution in [0.1, 0.15) is 11.1 Å². The minimum absolute atomic E-state index is 0.0317. The van der Waals surface area contributed by atoms with Gasteiger partial charge in [-0.3, -0.25) is 4.79 Å². The summed E-state index contributed by atoms with van der Waals surface area (Å²) in [7, 11) is 0. The van der Waals surface area contributed by atoms with Gasteiger partial charge in [-0.1, -0.05) is 24.3 Å². The molecule has 0 spiro atoms. The van der Waals surface area contributed by atoms with Crippen LogP contribution in [0.15, 0.2) is 42.5 Å². The Morgan fingerprint density at radius 1 is 1.08 bits per heavy atom. The molecule has 25 heavy (non-hydrogen) atoms. The van der Waals surface area contributed by atoms with E-state index >= 15 is 0 Å². The van der Waals surface area contributed by atoms with Crippen molar-refractivity contribution in [3.8, 4) is 5.75 Å². The monoisotopic (exact) mass is 342 g/mol. The molecular formula is C20H23FN2O2. The molecule has 5 heteroatoms. The van der Waals surface area contributed by atoms with Crippen molar-refractivity contribution in [2.75, 3.05) is 37.7 Å². The number of aryl methyl sites for hydroxylation is 2. The molecule has 1 heterocycles. The Morgan fingerprint density at radius 3 is 2.52 bits per heavy atom. The molecule has 3 rings (SSSR count). The Balaban J connectivity index is 1.53. The number of para-hydroxylation sites is 1. The molecule has 0 aromatic heterocycles. The molecule has 1 aliphatic rings. The van der Waals surface area contributed by atoms with Crippen LogP contribution in [-0.2, 0) is 4.79 Å². The van der Waals surface area contributed by atoms with Crippen molar-refractivity contribution in [2.24, 2.45) is 0 Å². The van der Waals surface area contributed by atoms with Crippen molar-refractivity contribution in [3.63, 3.8) is 0 Å². The predicted molar refractivity (Wildman–Crippen MR) is 96.6 cm³/mol. The third-order valence-electron chi connectivity index (χ3n) is 4.52. The van der Waals surface area contributed by atoms with Gasteiger partial charge < -0.3 is 14.5 Å². The van der Waals surface area contributed by atoms with E-state index in [-0.39, 0.29) is 18.3 Å². The fraction of sp³-hybridized carbons (Fsp3) is 0.350. The highest BCUT2D eigenvalue weighted by molar-refractivity contribution is 5.78. The number of benzene rings is 2. The van der Waals surface area contributed by atoms with E-state index in [9.17, 15) is 9.18 Å². The Kier molecular flexibility index (Phi) is 5.22. The number of carbonyl (C=O) groups excluding carboxylic acids is 1. The first-order chi connectivity index (χ1) is 12.0. The van der Waals surface area contributed by atoms with E-state index in [0.29, 0.717) is 31.9 Å². The number of nitrogens with zero attached hydrogens (tertiary/aromatic N) is 2. The van der Waals surface area contributed by atoms with Gasteiger partial charge >= 0.3 is 0 Å². The first kappa shape index (κ1) is 17.3. The molecule has 2 aromatic rings. The highest BCUT2D eigenvalue weighted by atomic mass is 19.1. The van der Waals surface area contributed by atoms with Crippen molar-refractivity contribution in [1.82, 2.24) is 4.90 Å². The largest absolute Gasteiger partial charge is 0.483 e. The van der Waals surface area contributed by atoms with E-state index in [4.69, 9.17) is 4.74 Å². The summed E-state index contributed by atoms with van der Waals surface area (Å²) in [6.45, 7) is 6.38. The number of rotatable bonds is 4. The van der Waals surface area contributed by atoms with Gasteiger partial charge in [0.1, 0.15) is 11.6 Å². The zero-order chi connectivity index (χ0) is 17.8. The maximum Gasteiger partial charge on any atom is 0.260 e. The summed E-state index contributed by atoms with van der Waals surface area (Å²) in [4.78, 5) is 16.1. The second-order valence-corrected chi connectivity index (χ2v) is 6.38. The molecule has 1 fully saturated rings. The van der Waals surface area contributed by atoms with E-state index < -0.39 is 0 Å². The predicted octanol–water partition coefficient (Wildman–Crippen LogP) is 3.17. The van der Waals surface area contributed by atoms with Gasteiger partial charge in [0.25, 0.3) is 5.91 Å². The van der Waals surface area contributed by atoms with Gasteiger partial charge in [0.15, 0.2) is 6.61 Å². The molecule has 2 aromatic carbocycles. The number of hydrogen-bond donors (Lipinski definition) is 0. The first-order valence-electron chi connectivity index (χ1n) is 8.52. The van der Waals surface area contributed by atoms with Crippen LogP contribution in [0.2, 0.25) is 0 Å². The average molecular weight is 342 g/mol. The normalized spacial score (nSPS) is 14.5. The lowest BCUT2D eigenvalue weighted by Crippen LogP contribution is -2.50. The molecule has 0 N–H and O–H groups in total. The molecule has 1 saturated heterocycles. The molecule has 1 amide bonds. The SMILES string of the molecule is Cc1ccc(C)c(OCC(=O)N2CCN(c3ccccc3F)CC2)c1. The van der Waals surface area contributed by atoms with Gasteiger partial charge in [0.05, 0.1) is 5.69 Å². The summed E-state index contributed by atoms with van der Waals surface area (Å²) in [5.74, 6) is 0.493. The number of halogens is 1. The van der Waals surface area contributed by atoms with Crippen molar-refractivity contribution in [1.29, 1.82) is 0 Å². The Labute approximate surface area is 147 Å². The second-order valence-electron chi connectivity index (χ2n) is 6.38. The van der Waals surface area contributed by atoms with Crippen molar-refractivity contribution in [2.45, 2.75) is 13.8 Å². The van der Waals surface area contributed by atoms with Gasteiger partial charge in [0.2, 0.25) is 0 Å². The van der Waals surface area contributed by atoms with Crippen LogP contribution in [0.25, 0.3) is 0 Å². The fourth-order valence-corrected chi connectivity index (χ4v) is 3.00. The zero-order valence-electron chi connectivity index (χ0n) is 14.7. The molecule has 132 valence electrons. The molecule has 0 saturated carbocycles. The summed E-state index contributed by atoms with van der Waals surface area (Å²) < 4.78 is 19.6. The van der Waals surface area contributed by atoms with Gasteiger partial charge in [-0.25, -0.2) is 4.39 Å². The highest BCUT2D eigenvalue weighted by Crippen LogP contribution is 2.21. The fourth-order valence-electron chi connectivity index (χ4n) is 3.00. The molecule has 4 nitrogen and oxygen atoms in total. The summed E-state index contributed by atoms with van der Waals surface area (Å²) in [6, 6.07) is 12.7. The quantitative estimate of drug-likeness (QED) is 0.856. The maximum atomic E-state index is 13.9. The molecule has 0 radical (unpaired) electrons. The van der Waals surface area contributed by atoms with E-state index in [0.717, 1.165) is 16.9 Å². The van der Waals surface area contributed by atoms with E-state index in [1.54, 1.807) is 17.0 Å². The number of amides is 1. The van der Waals surface area contributed by atoms with Crippen LogP contribution in [0.3, 0.4) is 0 Å². The first-order valence-corrected chi connectivity index (χ1v) is 8.52. The van der Waals surface area contributed by atoms with Crippen LogP contribution in [-0.4, -0.2) is 43.6 Å². The summed E-state index contributed by atoms with van der Waals surface area (Å²) in [5, 5.41) is 0. The van der Waals surface area contributed by atoms with E-state index in [2.05, 4.69) is 0 Å². The van der Waals surface area contributed by atoms with Crippen LogP contribution in [0, 0.1) is 19.7 Å². The minimum atomic E-state index is -0.222. The van der Waals surface area contributed by atoms with Crippen molar-refractivity contribution >= 4 is 11.6 Å². The van der Waals surface area contributed by atoms with Crippen LogP contribution < -0.4 is 9.64 Å². The second kappa shape index (κ2) is 7.55. The molecule has 0 bridgehead atoms. The number of anilines is 1. The van der Waals surface area contributed by atoms with Crippen molar-refractivity contribution in [3.05, 3.63) is 59.4 Å². The summed E-state index contributed by atoms with van der Waals surface area (Å²) >= 11 is 0. The molecule has 1 aliphatic heterocycles. The van der Waals surface area contributed by atoms with Crippen molar-refractivity contribution < 1.29 is 13.9 Å². The van der Waals surface area contributed by atoms with Crippen LogP contribution in [0.5, 0.6) is 5.75 Å². The summed E-state index contributed by atoms with van der Waals surface area (Å²) in [6.07, 6.45) is 0. The molecule has 0 unspecified atom stereocenters. The Bertz CT molecular complexity index is 755. The van der Waals surface area contributed by atoms with Gasteiger partial charge in [-0.05, 0) is 43.2 Å². The lowest BCUT2D eigenvalue weighted by atomic mass is 10.1. The average Bonchev–Trinajstić information content (AvgIpc) is 2.63. The lowest BCUT2D eigenvalue weighted by molar-refractivity contribution is -0.133. The minimum Gasteiger partial charge on any atom is -0.483 e. The maximum absolute atomic E-state index is 13.9. The number of ether oxygens (including phenoxy) is 1. The van der Waals surface area contributed by atoms with Gasteiger partial charge in [-0.15, -0.1) is 0 Å². The van der Waals surface area contributed by atoms with Gasteiger partial charge in [0, 0.05) is 26.2 Å². The molecule has 0 atom stereocenters. The standard InChI is InChI=1S/C20H23FN2O2/c1-15-7-8-16(2)19(13-15)25-14-20(24)23-11-9-22(10-12-23)18-6-4-3-5-17(18)21/h3-8,13H,9-12,14H2,1-2H3. The lowest BCUT2D eigenvalue weighted by Gasteiger charge is -2.36. The number of piperazine rings is 1. The zero-order valence-corrected chi connectivity index (χ0v) is 14.7. The third-order valence-corrected chi connectivity index (χ3v) is 4.52. The molecule has 0 aliphatic carbocycles. The van der Waals surface area contributed by atoms with E-state index in [1.165, 1.54) is 6.07 Å². The number of carbonyl (C=O) groups is 1. The van der Waals surface area contributed by atoms with Gasteiger partial charge in [-0.2, -0.15) is 0 Å². The Hall–Kier alpha value is -2.56.